The van der Waals surface area contributed by atoms with E-state index in [0.717, 1.165) is 22.3 Å². The second kappa shape index (κ2) is 13.5. The number of aliphatic hydroxyl groups is 1. The second-order valence-corrected chi connectivity index (χ2v) is 9.52. The van der Waals surface area contributed by atoms with Crippen molar-refractivity contribution in [2.75, 3.05) is 6.61 Å². The van der Waals surface area contributed by atoms with Gasteiger partial charge in [0, 0.05) is 0 Å². The molecule has 0 spiro atoms. The minimum Gasteiger partial charge on any atom is -0.388 e. The van der Waals surface area contributed by atoms with Crippen LogP contribution in [0.5, 0.6) is 0 Å². The van der Waals surface area contributed by atoms with Crippen LogP contribution in [0.3, 0.4) is 0 Å². The van der Waals surface area contributed by atoms with E-state index in [9.17, 15) is 5.11 Å². The molecular formula is C33H34O5. The maximum Gasteiger partial charge on any atom is 0.117 e. The lowest BCUT2D eigenvalue weighted by atomic mass is 9.99. The highest BCUT2D eigenvalue weighted by molar-refractivity contribution is 5.22. The Balaban J connectivity index is 1.36. The minimum absolute atomic E-state index is 0.123. The third-order valence-electron chi connectivity index (χ3n) is 6.73. The van der Waals surface area contributed by atoms with Crippen LogP contribution in [0.15, 0.2) is 121 Å². The van der Waals surface area contributed by atoms with Crippen molar-refractivity contribution in [3.8, 4) is 0 Å². The van der Waals surface area contributed by atoms with Crippen LogP contribution in [0, 0.1) is 0 Å². The van der Waals surface area contributed by atoms with E-state index in [1.165, 1.54) is 0 Å². The molecule has 4 aromatic carbocycles. The van der Waals surface area contributed by atoms with Crippen LogP contribution in [-0.2, 0) is 38.8 Å². The van der Waals surface area contributed by atoms with Gasteiger partial charge in [0.05, 0.1) is 26.4 Å². The monoisotopic (exact) mass is 510 g/mol. The van der Waals surface area contributed by atoms with Gasteiger partial charge >= 0.3 is 0 Å². The van der Waals surface area contributed by atoms with Crippen LogP contribution in [0.2, 0.25) is 0 Å². The first-order valence-corrected chi connectivity index (χ1v) is 13.1. The number of aliphatic hydroxyl groups excluding tert-OH is 1. The third-order valence-corrected chi connectivity index (χ3v) is 6.73. The maximum absolute atomic E-state index is 11.3. The van der Waals surface area contributed by atoms with E-state index in [4.69, 9.17) is 18.9 Å². The molecule has 1 heterocycles. The standard InChI is InChI=1S/C33H34O5/c34-29(24-35-21-25-13-5-1-6-14-25)31-33(37-23-27-17-9-3-10-18-27)32(36-22-26-15-7-2-8-16-26)30(38-31)28-19-11-4-12-20-28/h1-20,29-34H,21-24H2/t29-,30-,31+,32+,33+/m1/s1. The summed E-state index contributed by atoms with van der Waals surface area (Å²) in [6.07, 6.45) is -2.83. The highest BCUT2D eigenvalue weighted by Gasteiger charge is 2.49. The molecule has 196 valence electrons. The highest BCUT2D eigenvalue weighted by Crippen LogP contribution is 2.39. The lowest BCUT2D eigenvalue weighted by Crippen LogP contribution is -2.43. The number of hydrogen-bond acceptors (Lipinski definition) is 5. The zero-order chi connectivity index (χ0) is 26.0. The van der Waals surface area contributed by atoms with Crippen molar-refractivity contribution in [3.05, 3.63) is 144 Å². The zero-order valence-corrected chi connectivity index (χ0v) is 21.3. The third kappa shape index (κ3) is 6.95. The summed E-state index contributed by atoms with van der Waals surface area (Å²) in [5.41, 5.74) is 4.15. The van der Waals surface area contributed by atoms with E-state index in [-0.39, 0.29) is 6.61 Å². The molecule has 0 amide bonds. The SMILES string of the molecule is O[C@H](COCc1ccccc1)[C@@H]1O[C@H](c2ccccc2)[C@H](OCc2ccccc2)[C@H]1OCc1ccccc1. The molecule has 0 radical (unpaired) electrons. The highest BCUT2D eigenvalue weighted by atomic mass is 16.6. The normalized spacial score (nSPS) is 21.8. The average Bonchev–Trinajstić information content (AvgIpc) is 3.35. The van der Waals surface area contributed by atoms with Gasteiger partial charge in [0.15, 0.2) is 0 Å². The predicted octanol–water partition coefficient (Wildman–Crippen LogP) is 5.88. The maximum atomic E-state index is 11.3. The van der Waals surface area contributed by atoms with Gasteiger partial charge in [-0.05, 0) is 22.3 Å². The lowest BCUT2D eigenvalue weighted by molar-refractivity contribution is -0.116. The molecule has 1 aliphatic rings. The summed E-state index contributed by atoms with van der Waals surface area (Å²) in [6, 6.07) is 40.0. The quantitative estimate of drug-likeness (QED) is 0.258. The first kappa shape index (κ1) is 26.3. The largest absolute Gasteiger partial charge is 0.388 e. The summed E-state index contributed by atoms with van der Waals surface area (Å²) in [5.74, 6) is 0. The van der Waals surface area contributed by atoms with Crippen molar-refractivity contribution >= 4 is 0 Å². The molecule has 5 rings (SSSR count). The summed E-state index contributed by atoms with van der Waals surface area (Å²) in [7, 11) is 0. The Bertz CT molecular complexity index is 1200. The molecule has 0 bridgehead atoms. The van der Waals surface area contributed by atoms with E-state index >= 15 is 0 Å². The number of benzene rings is 4. The average molecular weight is 511 g/mol. The van der Waals surface area contributed by atoms with Gasteiger partial charge in [0.2, 0.25) is 0 Å². The van der Waals surface area contributed by atoms with Crippen LogP contribution >= 0.6 is 0 Å². The zero-order valence-electron chi connectivity index (χ0n) is 21.3. The molecule has 1 saturated heterocycles. The summed E-state index contributed by atoms with van der Waals surface area (Å²) in [6.45, 7) is 1.33. The summed E-state index contributed by atoms with van der Waals surface area (Å²) >= 11 is 0. The Labute approximate surface area is 224 Å². The van der Waals surface area contributed by atoms with E-state index in [0.29, 0.717) is 19.8 Å². The second-order valence-electron chi connectivity index (χ2n) is 9.52. The van der Waals surface area contributed by atoms with Gasteiger partial charge in [-0.2, -0.15) is 0 Å². The lowest BCUT2D eigenvalue weighted by Gasteiger charge is -2.27. The number of ether oxygens (including phenoxy) is 4. The molecule has 0 saturated carbocycles. The molecule has 0 aliphatic carbocycles. The van der Waals surface area contributed by atoms with Crippen molar-refractivity contribution in [2.45, 2.75) is 50.3 Å². The van der Waals surface area contributed by atoms with E-state index in [2.05, 4.69) is 0 Å². The predicted molar refractivity (Wildman–Crippen MR) is 146 cm³/mol. The molecule has 0 unspecified atom stereocenters. The van der Waals surface area contributed by atoms with Crippen LogP contribution < -0.4 is 0 Å². The molecule has 1 aliphatic heterocycles. The first-order valence-electron chi connectivity index (χ1n) is 13.1. The van der Waals surface area contributed by atoms with Crippen LogP contribution in [-0.4, -0.2) is 36.1 Å². The molecule has 1 N–H and O–H groups in total. The van der Waals surface area contributed by atoms with Gasteiger partial charge in [-0.1, -0.05) is 121 Å². The van der Waals surface area contributed by atoms with Crippen molar-refractivity contribution in [3.63, 3.8) is 0 Å². The van der Waals surface area contributed by atoms with Gasteiger partial charge in [0.25, 0.3) is 0 Å². The van der Waals surface area contributed by atoms with Gasteiger partial charge in [0.1, 0.15) is 30.5 Å². The Morgan fingerprint density at radius 2 is 1.03 bits per heavy atom. The van der Waals surface area contributed by atoms with Gasteiger partial charge < -0.3 is 24.1 Å². The van der Waals surface area contributed by atoms with Crippen LogP contribution in [0.1, 0.15) is 28.4 Å². The van der Waals surface area contributed by atoms with Gasteiger partial charge in [-0.3, -0.25) is 0 Å². The Kier molecular flexibility index (Phi) is 9.32. The van der Waals surface area contributed by atoms with Crippen molar-refractivity contribution in [2.24, 2.45) is 0 Å². The smallest absolute Gasteiger partial charge is 0.117 e. The summed E-state index contributed by atoms with van der Waals surface area (Å²) < 4.78 is 25.4. The van der Waals surface area contributed by atoms with Gasteiger partial charge in [-0.25, -0.2) is 0 Å². The molecule has 0 aromatic heterocycles. The molecule has 1 fully saturated rings. The van der Waals surface area contributed by atoms with Gasteiger partial charge in [-0.15, -0.1) is 0 Å². The molecular weight excluding hydrogens is 476 g/mol. The summed E-state index contributed by atoms with van der Waals surface area (Å²) in [5, 5.41) is 11.3. The van der Waals surface area contributed by atoms with Crippen molar-refractivity contribution in [1.82, 2.24) is 0 Å². The van der Waals surface area contributed by atoms with Crippen molar-refractivity contribution in [1.29, 1.82) is 0 Å². The van der Waals surface area contributed by atoms with E-state index in [1.807, 2.05) is 121 Å². The fraction of sp³-hybridized carbons (Fsp3) is 0.273. The molecule has 38 heavy (non-hydrogen) atoms. The molecule has 5 heteroatoms. The Morgan fingerprint density at radius 1 is 0.579 bits per heavy atom. The summed E-state index contributed by atoms with van der Waals surface area (Å²) in [4.78, 5) is 0. The number of rotatable bonds is 12. The minimum atomic E-state index is -0.893. The van der Waals surface area contributed by atoms with Crippen molar-refractivity contribution < 1.29 is 24.1 Å². The Hall–Kier alpha value is -3.32. The number of hydrogen-bond donors (Lipinski definition) is 1. The van der Waals surface area contributed by atoms with E-state index in [1.54, 1.807) is 0 Å². The van der Waals surface area contributed by atoms with Crippen LogP contribution in [0.4, 0.5) is 0 Å². The molecule has 4 aromatic rings. The Morgan fingerprint density at radius 3 is 1.55 bits per heavy atom. The fourth-order valence-electron chi connectivity index (χ4n) is 4.78. The molecule has 5 atom stereocenters. The first-order chi connectivity index (χ1) is 18.8. The molecule has 5 nitrogen and oxygen atoms in total. The van der Waals surface area contributed by atoms with E-state index < -0.39 is 30.5 Å². The van der Waals surface area contributed by atoms with Crippen LogP contribution in [0.25, 0.3) is 0 Å². The topological polar surface area (TPSA) is 57.2 Å². The fourth-order valence-corrected chi connectivity index (χ4v) is 4.78.